The summed E-state index contributed by atoms with van der Waals surface area (Å²) in [7, 11) is -4.45. The first-order valence-corrected chi connectivity index (χ1v) is 11.6. The van der Waals surface area contributed by atoms with Crippen molar-refractivity contribution in [2.24, 2.45) is 0 Å². The molecule has 0 unspecified atom stereocenters. The van der Waals surface area contributed by atoms with E-state index in [2.05, 4.69) is 15.0 Å². The van der Waals surface area contributed by atoms with Crippen molar-refractivity contribution in [1.82, 2.24) is 10.3 Å². The van der Waals surface area contributed by atoms with Crippen LogP contribution in [-0.4, -0.2) is 39.1 Å². The van der Waals surface area contributed by atoms with E-state index in [0.29, 0.717) is 25.7 Å². The lowest BCUT2D eigenvalue weighted by Gasteiger charge is -2.23. The Morgan fingerprint density at radius 2 is 1.94 bits per heavy atom. The van der Waals surface area contributed by atoms with Gasteiger partial charge in [-0.2, -0.15) is 13.2 Å². The van der Waals surface area contributed by atoms with E-state index in [9.17, 15) is 31.2 Å². The van der Waals surface area contributed by atoms with Crippen LogP contribution in [0.3, 0.4) is 0 Å². The van der Waals surface area contributed by atoms with Crippen LogP contribution >= 0.6 is 0 Å². The van der Waals surface area contributed by atoms with Crippen LogP contribution in [0.2, 0.25) is 0 Å². The zero-order valence-electron chi connectivity index (χ0n) is 18.0. The molecular weight excluding hydrogens is 475 g/mol. The number of carbonyl (C=O) groups is 1. The van der Waals surface area contributed by atoms with Gasteiger partial charge in [-0.3, -0.25) is 9.59 Å². The van der Waals surface area contributed by atoms with E-state index in [1.807, 2.05) is 6.92 Å². The highest BCUT2D eigenvalue weighted by Crippen LogP contribution is 2.35. The van der Waals surface area contributed by atoms with Gasteiger partial charge in [0.15, 0.2) is 0 Å². The van der Waals surface area contributed by atoms with E-state index in [0.717, 1.165) is 30.3 Å². The normalized spacial score (nSPS) is 12.0. The number of sulfonamides is 1. The standard InChI is InChI=1S/C22H21F3N3O5S/c1-2-33-10-4-9-26-21(30)18-13-27-19-8-7-16(12-17(19)20(18)29)34(31,32)28-15-6-3-5-14(11-15)22(23,24)25/h3,5-8,11-13H,2,4,9-10H2,1H3,(H2,26,27,29,30)/q-1. The van der Waals surface area contributed by atoms with Crippen LogP contribution in [0.1, 0.15) is 29.3 Å². The summed E-state index contributed by atoms with van der Waals surface area (Å²) in [6, 6.07) is 7.08. The fourth-order valence-electron chi connectivity index (χ4n) is 3.07. The molecule has 0 bridgehead atoms. The maximum absolute atomic E-state index is 12.9. The van der Waals surface area contributed by atoms with Crippen molar-refractivity contribution in [1.29, 1.82) is 0 Å². The number of carbonyl (C=O) groups excluding carboxylic acids is 1. The minimum absolute atomic E-state index is 0.0812. The Morgan fingerprint density at radius 3 is 2.65 bits per heavy atom. The van der Waals surface area contributed by atoms with Crippen LogP contribution in [0.25, 0.3) is 15.6 Å². The molecule has 12 heteroatoms. The lowest BCUT2D eigenvalue weighted by molar-refractivity contribution is -0.137. The maximum atomic E-state index is 12.9. The molecule has 1 heterocycles. The summed E-state index contributed by atoms with van der Waals surface area (Å²) in [6.45, 7) is 3.11. The van der Waals surface area contributed by atoms with Crippen LogP contribution in [-0.2, 0) is 20.9 Å². The van der Waals surface area contributed by atoms with Crippen LogP contribution in [0, 0.1) is 0 Å². The average molecular weight is 496 g/mol. The third kappa shape index (κ3) is 5.94. The van der Waals surface area contributed by atoms with Crippen LogP contribution in [0.15, 0.2) is 58.4 Å². The molecule has 0 saturated carbocycles. The zero-order chi connectivity index (χ0) is 24.9. The van der Waals surface area contributed by atoms with E-state index < -0.39 is 43.7 Å². The Balaban J connectivity index is 1.87. The Labute approximate surface area is 193 Å². The molecule has 1 aromatic heterocycles. The van der Waals surface area contributed by atoms with Gasteiger partial charge in [-0.1, -0.05) is 24.3 Å². The molecule has 0 saturated heterocycles. The number of aromatic nitrogens is 1. The second-order valence-electron chi connectivity index (χ2n) is 7.16. The number of H-pyrrole nitrogens is 1. The number of alkyl halides is 3. The molecule has 182 valence electrons. The predicted octanol–water partition coefficient (Wildman–Crippen LogP) is 4.10. The van der Waals surface area contributed by atoms with E-state index in [1.165, 1.54) is 12.3 Å². The monoisotopic (exact) mass is 496 g/mol. The summed E-state index contributed by atoms with van der Waals surface area (Å²) in [5.74, 6) is -0.637. The molecule has 2 N–H and O–H groups in total. The molecule has 0 aliphatic carbocycles. The van der Waals surface area contributed by atoms with Crippen molar-refractivity contribution in [3.8, 4) is 0 Å². The van der Waals surface area contributed by atoms with Gasteiger partial charge < -0.3 is 19.8 Å². The molecule has 0 atom stereocenters. The SMILES string of the molecule is CCOCCCNC(=O)c1c[nH]c2ccc(S(=O)(=O)[N-]c3cccc(C(F)(F)F)c3)cc2c1=O. The summed E-state index contributed by atoms with van der Waals surface area (Å²) in [6.07, 6.45) is -2.89. The number of nitrogens with zero attached hydrogens (tertiary/aromatic N) is 1. The van der Waals surface area contributed by atoms with Crippen molar-refractivity contribution >= 4 is 32.5 Å². The average Bonchev–Trinajstić information content (AvgIpc) is 2.78. The highest BCUT2D eigenvalue weighted by atomic mass is 32.2. The van der Waals surface area contributed by atoms with Crippen molar-refractivity contribution in [2.75, 3.05) is 19.8 Å². The Morgan fingerprint density at radius 1 is 1.18 bits per heavy atom. The number of halogens is 3. The van der Waals surface area contributed by atoms with Gasteiger partial charge in [0.2, 0.25) is 5.43 Å². The lowest BCUT2D eigenvalue weighted by Crippen LogP contribution is -2.30. The van der Waals surface area contributed by atoms with E-state index >= 15 is 0 Å². The molecular formula is C22H21F3N3O5S-. The van der Waals surface area contributed by atoms with Gasteiger partial charge in [-0.25, -0.2) is 8.42 Å². The number of ether oxygens (including phenoxy) is 1. The van der Waals surface area contributed by atoms with Gasteiger partial charge in [0.05, 0.1) is 10.5 Å². The third-order valence-electron chi connectivity index (χ3n) is 4.75. The number of aromatic amines is 1. The Bertz CT molecular complexity index is 1350. The molecule has 1 amide bonds. The number of pyridine rings is 1. The van der Waals surface area contributed by atoms with Gasteiger partial charge in [0, 0.05) is 36.9 Å². The van der Waals surface area contributed by atoms with E-state index in [4.69, 9.17) is 4.74 Å². The largest absolute Gasteiger partial charge is 0.573 e. The predicted molar refractivity (Wildman–Crippen MR) is 120 cm³/mol. The molecule has 2 aromatic carbocycles. The van der Waals surface area contributed by atoms with E-state index in [1.54, 1.807) is 0 Å². The maximum Gasteiger partial charge on any atom is 0.416 e. The fourth-order valence-corrected chi connectivity index (χ4v) is 4.08. The molecule has 3 aromatic rings. The summed E-state index contributed by atoms with van der Waals surface area (Å²) in [5.41, 5.74) is -2.10. The summed E-state index contributed by atoms with van der Waals surface area (Å²) in [5, 5.41) is 2.51. The number of fused-ring (bicyclic) bond motifs is 1. The van der Waals surface area contributed by atoms with Crippen LogP contribution in [0.5, 0.6) is 0 Å². The number of benzene rings is 2. The van der Waals surface area contributed by atoms with Gasteiger partial charge in [0.25, 0.3) is 5.91 Å². The smallest absolute Gasteiger partial charge is 0.416 e. The van der Waals surface area contributed by atoms with Gasteiger partial charge in [0.1, 0.15) is 15.6 Å². The Hall–Kier alpha value is -3.38. The third-order valence-corrected chi connectivity index (χ3v) is 6.05. The number of nitrogens with one attached hydrogen (secondary N) is 2. The fraction of sp³-hybridized carbons (Fsp3) is 0.273. The number of hydrogen-bond acceptors (Lipinski definition) is 5. The zero-order valence-corrected chi connectivity index (χ0v) is 18.8. The van der Waals surface area contributed by atoms with Gasteiger partial charge in [-0.15, -0.1) is 5.69 Å². The molecule has 0 aliphatic rings. The topological polar surface area (TPSA) is 119 Å². The minimum atomic E-state index is -4.66. The van der Waals surface area contributed by atoms with Gasteiger partial charge in [-0.05, 0) is 31.5 Å². The molecule has 0 fully saturated rings. The van der Waals surface area contributed by atoms with Crippen molar-refractivity contribution in [3.05, 3.63) is 74.7 Å². The molecule has 0 radical (unpaired) electrons. The van der Waals surface area contributed by atoms with Crippen molar-refractivity contribution in [2.45, 2.75) is 24.4 Å². The van der Waals surface area contributed by atoms with E-state index in [-0.39, 0.29) is 23.0 Å². The number of amides is 1. The van der Waals surface area contributed by atoms with Crippen LogP contribution < -0.4 is 10.7 Å². The summed E-state index contributed by atoms with van der Waals surface area (Å²) in [4.78, 5) is 27.6. The quantitative estimate of drug-likeness (QED) is 0.433. The summed E-state index contributed by atoms with van der Waals surface area (Å²) >= 11 is 0. The number of hydrogen-bond donors (Lipinski definition) is 2. The first-order chi connectivity index (χ1) is 16.0. The molecule has 0 aliphatic heterocycles. The highest BCUT2D eigenvalue weighted by Gasteiger charge is 2.29. The van der Waals surface area contributed by atoms with Gasteiger partial charge >= 0.3 is 6.18 Å². The number of rotatable bonds is 9. The molecule has 8 nitrogen and oxygen atoms in total. The minimum Gasteiger partial charge on any atom is -0.573 e. The second kappa shape index (κ2) is 10.3. The van der Waals surface area contributed by atoms with Crippen molar-refractivity contribution < 1.29 is 31.1 Å². The van der Waals surface area contributed by atoms with Crippen molar-refractivity contribution in [3.63, 3.8) is 0 Å². The molecule has 3 rings (SSSR count). The van der Waals surface area contributed by atoms with Crippen LogP contribution in [0.4, 0.5) is 18.9 Å². The lowest BCUT2D eigenvalue weighted by atomic mass is 10.1. The molecule has 0 spiro atoms. The molecule has 34 heavy (non-hydrogen) atoms. The Kier molecular flexibility index (Phi) is 7.62. The first-order valence-electron chi connectivity index (χ1n) is 10.2. The highest BCUT2D eigenvalue weighted by molar-refractivity contribution is 7.94. The summed E-state index contributed by atoms with van der Waals surface area (Å²) < 4.78 is 72.8. The second-order valence-corrected chi connectivity index (χ2v) is 8.76. The first kappa shape index (κ1) is 25.2.